The number of thiazole rings is 1. The Morgan fingerprint density at radius 3 is 2.75 bits per heavy atom. The third-order valence-electron chi connectivity index (χ3n) is 2.67. The first kappa shape index (κ1) is 14.5. The predicted octanol–water partition coefficient (Wildman–Crippen LogP) is 2.82. The molecule has 2 rings (SSSR count). The summed E-state index contributed by atoms with van der Waals surface area (Å²) in [7, 11) is 0. The standard InChI is InChI=1S/C13H20N6S/c1-4-5-15-10-6-11(19-13(14)18-10)17-9(3)12-16-7-8(2)20-12/h6-7,9H,4-5H2,1-3H3,(H4,14,15,17,18,19). The lowest BCUT2D eigenvalue weighted by atomic mass is 10.3. The van der Waals surface area contributed by atoms with E-state index in [-0.39, 0.29) is 12.0 Å². The number of hydrogen-bond acceptors (Lipinski definition) is 7. The van der Waals surface area contributed by atoms with Crippen LogP contribution in [0.4, 0.5) is 17.6 Å². The lowest BCUT2D eigenvalue weighted by Crippen LogP contribution is -2.11. The molecule has 0 aliphatic rings. The number of rotatable bonds is 6. The van der Waals surface area contributed by atoms with Crippen LogP contribution in [0.1, 0.15) is 36.2 Å². The maximum atomic E-state index is 5.73. The van der Waals surface area contributed by atoms with E-state index in [9.17, 15) is 0 Å². The van der Waals surface area contributed by atoms with E-state index in [1.807, 2.05) is 19.2 Å². The molecular weight excluding hydrogens is 272 g/mol. The third kappa shape index (κ3) is 3.80. The first-order valence-electron chi connectivity index (χ1n) is 6.65. The topological polar surface area (TPSA) is 88.8 Å². The fourth-order valence-electron chi connectivity index (χ4n) is 1.74. The van der Waals surface area contributed by atoms with Gasteiger partial charge >= 0.3 is 0 Å². The van der Waals surface area contributed by atoms with Crippen molar-refractivity contribution in [3.8, 4) is 0 Å². The van der Waals surface area contributed by atoms with Gasteiger partial charge in [-0.3, -0.25) is 0 Å². The lowest BCUT2D eigenvalue weighted by Gasteiger charge is -2.13. The van der Waals surface area contributed by atoms with Crippen molar-refractivity contribution in [2.45, 2.75) is 33.2 Å². The Bertz CT molecular complexity index is 568. The van der Waals surface area contributed by atoms with Crippen molar-refractivity contribution < 1.29 is 0 Å². The van der Waals surface area contributed by atoms with Crippen molar-refractivity contribution in [3.05, 3.63) is 22.1 Å². The molecule has 4 N–H and O–H groups in total. The summed E-state index contributed by atoms with van der Waals surface area (Å²) in [5, 5.41) is 7.54. The highest BCUT2D eigenvalue weighted by Gasteiger charge is 2.11. The molecular formula is C13H20N6S. The van der Waals surface area contributed by atoms with Crippen molar-refractivity contribution >= 4 is 28.9 Å². The van der Waals surface area contributed by atoms with E-state index < -0.39 is 0 Å². The van der Waals surface area contributed by atoms with Crippen LogP contribution in [-0.2, 0) is 0 Å². The van der Waals surface area contributed by atoms with Crippen molar-refractivity contribution in [1.82, 2.24) is 15.0 Å². The molecule has 0 aliphatic carbocycles. The van der Waals surface area contributed by atoms with E-state index in [1.165, 1.54) is 4.88 Å². The maximum Gasteiger partial charge on any atom is 0.223 e. The van der Waals surface area contributed by atoms with Gasteiger partial charge in [-0.05, 0) is 20.3 Å². The van der Waals surface area contributed by atoms with Gasteiger partial charge in [0.1, 0.15) is 16.6 Å². The molecule has 6 nitrogen and oxygen atoms in total. The number of nitrogens with one attached hydrogen (secondary N) is 2. The monoisotopic (exact) mass is 292 g/mol. The minimum atomic E-state index is 0.0852. The molecule has 0 radical (unpaired) electrons. The second-order valence-electron chi connectivity index (χ2n) is 4.60. The zero-order valence-electron chi connectivity index (χ0n) is 12.0. The molecule has 108 valence electrons. The molecule has 0 saturated heterocycles. The molecule has 0 saturated carbocycles. The molecule has 2 aromatic heterocycles. The first-order valence-corrected chi connectivity index (χ1v) is 7.47. The molecule has 0 bridgehead atoms. The molecule has 0 aliphatic heterocycles. The van der Waals surface area contributed by atoms with E-state index in [0.717, 1.165) is 23.8 Å². The Balaban J connectivity index is 2.10. The van der Waals surface area contributed by atoms with Gasteiger partial charge in [0.25, 0.3) is 0 Å². The van der Waals surface area contributed by atoms with Gasteiger partial charge in [-0.2, -0.15) is 9.97 Å². The van der Waals surface area contributed by atoms with Crippen LogP contribution in [0.2, 0.25) is 0 Å². The molecule has 2 heterocycles. The second-order valence-corrected chi connectivity index (χ2v) is 5.86. The Morgan fingerprint density at radius 1 is 1.35 bits per heavy atom. The maximum absolute atomic E-state index is 5.73. The van der Waals surface area contributed by atoms with Gasteiger partial charge in [-0.1, -0.05) is 6.92 Å². The normalized spacial score (nSPS) is 12.2. The number of nitrogens with zero attached hydrogens (tertiary/aromatic N) is 3. The minimum absolute atomic E-state index is 0.0852. The molecule has 0 aromatic carbocycles. The molecule has 20 heavy (non-hydrogen) atoms. The van der Waals surface area contributed by atoms with Crippen LogP contribution in [-0.4, -0.2) is 21.5 Å². The first-order chi connectivity index (χ1) is 9.58. The van der Waals surface area contributed by atoms with E-state index >= 15 is 0 Å². The highest BCUT2D eigenvalue weighted by molar-refractivity contribution is 7.11. The average Bonchev–Trinajstić information content (AvgIpc) is 2.82. The lowest BCUT2D eigenvalue weighted by molar-refractivity contribution is 0.859. The summed E-state index contributed by atoms with van der Waals surface area (Å²) in [6.07, 6.45) is 2.90. The number of aryl methyl sites for hydroxylation is 1. The predicted molar refractivity (Wildman–Crippen MR) is 84.1 cm³/mol. The fraction of sp³-hybridized carbons (Fsp3) is 0.462. The van der Waals surface area contributed by atoms with Crippen LogP contribution < -0.4 is 16.4 Å². The Kier molecular flexibility index (Phi) is 4.73. The number of nitrogens with two attached hydrogens (primary N) is 1. The van der Waals surface area contributed by atoms with Gasteiger partial charge < -0.3 is 16.4 Å². The van der Waals surface area contributed by atoms with Crippen LogP contribution in [0, 0.1) is 6.92 Å². The summed E-state index contributed by atoms with van der Waals surface area (Å²) in [4.78, 5) is 13.9. The quantitative estimate of drug-likeness (QED) is 0.758. The summed E-state index contributed by atoms with van der Waals surface area (Å²) < 4.78 is 0. The Morgan fingerprint density at radius 2 is 2.10 bits per heavy atom. The minimum Gasteiger partial charge on any atom is -0.370 e. The second kappa shape index (κ2) is 6.51. The van der Waals surface area contributed by atoms with E-state index in [4.69, 9.17) is 5.73 Å². The van der Waals surface area contributed by atoms with Gasteiger partial charge in [0.05, 0.1) is 6.04 Å². The van der Waals surface area contributed by atoms with Crippen LogP contribution >= 0.6 is 11.3 Å². The Labute approximate surface area is 122 Å². The molecule has 2 aromatic rings. The van der Waals surface area contributed by atoms with Crippen molar-refractivity contribution in [1.29, 1.82) is 0 Å². The Hall–Kier alpha value is -1.89. The zero-order valence-corrected chi connectivity index (χ0v) is 12.8. The summed E-state index contributed by atoms with van der Waals surface area (Å²) in [6.45, 7) is 7.06. The van der Waals surface area contributed by atoms with Crippen LogP contribution in [0.3, 0.4) is 0 Å². The average molecular weight is 292 g/mol. The summed E-state index contributed by atoms with van der Waals surface area (Å²) in [6, 6.07) is 1.95. The largest absolute Gasteiger partial charge is 0.370 e. The van der Waals surface area contributed by atoms with Gasteiger partial charge in [0, 0.05) is 23.7 Å². The molecule has 0 spiro atoms. The van der Waals surface area contributed by atoms with E-state index in [1.54, 1.807) is 11.3 Å². The fourth-order valence-corrected chi connectivity index (χ4v) is 2.52. The highest BCUT2D eigenvalue weighted by atomic mass is 32.1. The molecule has 0 amide bonds. The summed E-state index contributed by atoms with van der Waals surface area (Å²) in [5.74, 6) is 1.71. The van der Waals surface area contributed by atoms with E-state index in [2.05, 4.69) is 39.4 Å². The van der Waals surface area contributed by atoms with Gasteiger partial charge in [0.2, 0.25) is 5.95 Å². The SMILES string of the molecule is CCCNc1cc(NC(C)c2ncc(C)s2)nc(N)n1. The van der Waals surface area contributed by atoms with Gasteiger partial charge in [0.15, 0.2) is 0 Å². The van der Waals surface area contributed by atoms with Crippen LogP contribution in [0.5, 0.6) is 0 Å². The third-order valence-corrected chi connectivity index (χ3v) is 3.77. The van der Waals surface area contributed by atoms with Crippen molar-refractivity contribution in [2.24, 2.45) is 0 Å². The van der Waals surface area contributed by atoms with Crippen molar-refractivity contribution in [3.63, 3.8) is 0 Å². The summed E-state index contributed by atoms with van der Waals surface area (Å²) >= 11 is 1.67. The number of anilines is 3. The van der Waals surface area contributed by atoms with Gasteiger partial charge in [-0.15, -0.1) is 11.3 Å². The van der Waals surface area contributed by atoms with E-state index in [0.29, 0.717) is 5.82 Å². The zero-order chi connectivity index (χ0) is 14.5. The van der Waals surface area contributed by atoms with Crippen LogP contribution in [0.25, 0.3) is 0 Å². The molecule has 7 heteroatoms. The number of hydrogen-bond donors (Lipinski definition) is 3. The number of nitrogen functional groups attached to an aromatic ring is 1. The molecule has 1 unspecified atom stereocenters. The summed E-state index contributed by atoms with van der Waals surface area (Å²) in [5.41, 5.74) is 5.73. The van der Waals surface area contributed by atoms with Gasteiger partial charge in [-0.25, -0.2) is 4.98 Å². The molecule has 0 fully saturated rings. The van der Waals surface area contributed by atoms with Crippen molar-refractivity contribution in [2.75, 3.05) is 22.9 Å². The molecule has 1 atom stereocenters. The smallest absolute Gasteiger partial charge is 0.223 e. The number of aromatic nitrogens is 3. The van der Waals surface area contributed by atoms with Crippen LogP contribution in [0.15, 0.2) is 12.3 Å². The highest BCUT2D eigenvalue weighted by Crippen LogP contribution is 2.23.